The topological polar surface area (TPSA) is 85.4 Å². The molecule has 1 N–H and O–H groups in total. The molecule has 1 atom stereocenters. The number of H-pyrrole nitrogens is 1. The molecule has 2 amide bonds. The molecule has 8 heteroatoms. The summed E-state index contributed by atoms with van der Waals surface area (Å²) in [6, 6.07) is 11.5. The molecule has 0 spiro atoms. The molecule has 0 bridgehead atoms. The van der Waals surface area contributed by atoms with Crippen LogP contribution in [0.4, 0.5) is 5.82 Å². The number of piperazine rings is 1. The second-order valence-corrected chi connectivity index (χ2v) is 8.99. The zero-order valence-corrected chi connectivity index (χ0v) is 18.8. The van der Waals surface area contributed by atoms with Gasteiger partial charge in [0.1, 0.15) is 5.82 Å². The van der Waals surface area contributed by atoms with E-state index in [0.29, 0.717) is 17.9 Å². The molecule has 2 aliphatic heterocycles. The summed E-state index contributed by atoms with van der Waals surface area (Å²) in [5, 5.41) is 0. The monoisotopic (exact) mass is 446 g/mol. The number of fused-ring (bicyclic) bond motifs is 1. The number of hydrogen-bond acceptors (Lipinski definition) is 5. The SMILES string of the molecule is O=C(CCC1CCCN(C(=O)c2ccc3nc[nH]c3c2)C1)N1CCN(c2ccccn2)CC1. The van der Waals surface area contributed by atoms with Gasteiger partial charge in [0, 0.05) is 57.4 Å². The molecule has 4 heterocycles. The number of aromatic nitrogens is 3. The number of carbonyl (C=O) groups is 2. The predicted octanol–water partition coefficient (Wildman–Crippen LogP) is 2.94. The number of hydrogen-bond donors (Lipinski definition) is 1. The Kier molecular flexibility index (Phi) is 6.24. The molecule has 0 aliphatic carbocycles. The van der Waals surface area contributed by atoms with Gasteiger partial charge in [-0.1, -0.05) is 6.07 Å². The third kappa shape index (κ3) is 4.84. The molecular formula is C25H30N6O2. The summed E-state index contributed by atoms with van der Waals surface area (Å²) in [5.41, 5.74) is 2.43. The Morgan fingerprint density at radius 3 is 2.70 bits per heavy atom. The second kappa shape index (κ2) is 9.60. The van der Waals surface area contributed by atoms with Gasteiger partial charge in [0.15, 0.2) is 0 Å². The molecule has 0 saturated carbocycles. The number of piperidine rings is 1. The van der Waals surface area contributed by atoms with E-state index in [1.165, 1.54) is 0 Å². The van der Waals surface area contributed by atoms with Crippen LogP contribution in [0.15, 0.2) is 48.9 Å². The first-order valence-corrected chi connectivity index (χ1v) is 11.8. The van der Waals surface area contributed by atoms with Crippen LogP contribution in [0.25, 0.3) is 11.0 Å². The van der Waals surface area contributed by atoms with E-state index in [-0.39, 0.29) is 11.8 Å². The first kappa shape index (κ1) is 21.4. The van der Waals surface area contributed by atoms with Crippen LogP contribution in [0.2, 0.25) is 0 Å². The zero-order chi connectivity index (χ0) is 22.6. The molecule has 0 radical (unpaired) electrons. The van der Waals surface area contributed by atoms with Gasteiger partial charge in [0.2, 0.25) is 5.91 Å². The van der Waals surface area contributed by atoms with Crippen LogP contribution in [0, 0.1) is 5.92 Å². The maximum Gasteiger partial charge on any atom is 0.253 e. The molecule has 1 unspecified atom stereocenters. The highest BCUT2D eigenvalue weighted by molar-refractivity contribution is 5.97. The fourth-order valence-electron chi connectivity index (χ4n) is 4.95. The number of benzene rings is 1. The Balaban J connectivity index is 1.10. The average molecular weight is 447 g/mol. The van der Waals surface area contributed by atoms with E-state index in [1.54, 1.807) is 12.5 Å². The van der Waals surface area contributed by atoms with Crippen molar-refractivity contribution < 1.29 is 9.59 Å². The van der Waals surface area contributed by atoms with Gasteiger partial charge in [-0.25, -0.2) is 9.97 Å². The number of likely N-dealkylation sites (tertiary alicyclic amines) is 1. The lowest BCUT2D eigenvalue weighted by molar-refractivity contribution is -0.131. The number of aromatic amines is 1. The van der Waals surface area contributed by atoms with Crippen molar-refractivity contribution in [2.45, 2.75) is 25.7 Å². The average Bonchev–Trinajstić information content (AvgIpc) is 3.36. The van der Waals surface area contributed by atoms with E-state index in [2.05, 4.69) is 19.9 Å². The fraction of sp³-hybridized carbons (Fsp3) is 0.440. The van der Waals surface area contributed by atoms with Crippen LogP contribution >= 0.6 is 0 Å². The van der Waals surface area contributed by atoms with Crippen LogP contribution in [0.1, 0.15) is 36.0 Å². The molecule has 1 aromatic carbocycles. The molecule has 2 aliphatic rings. The number of carbonyl (C=O) groups excluding carboxylic acids is 2. The van der Waals surface area contributed by atoms with Crippen molar-refractivity contribution in [2.24, 2.45) is 5.92 Å². The van der Waals surface area contributed by atoms with Gasteiger partial charge in [-0.3, -0.25) is 9.59 Å². The lowest BCUT2D eigenvalue weighted by Gasteiger charge is -2.36. The summed E-state index contributed by atoms with van der Waals surface area (Å²) < 4.78 is 0. The standard InChI is InChI=1S/C25H30N6O2/c32-24(30-14-12-29(13-15-30)23-5-1-2-10-26-23)9-6-19-4-3-11-31(17-19)25(33)20-7-8-21-22(16-20)28-18-27-21/h1-2,5,7-8,10,16,18-19H,3-4,6,9,11-15,17H2,(H,27,28). The lowest BCUT2D eigenvalue weighted by atomic mass is 9.92. The number of anilines is 1. The van der Waals surface area contributed by atoms with Crippen LogP contribution in [0.3, 0.4) is 0 Å². The van der Waals surface area contributed by atoms with E-state index < -0.39 is 0 Å². The van der Waals surface area contributed by atoms with Crippen LogP contribution in [0.5, 0.6) is 0 Å². The maximum absolute atomic E-state index is 13.1. The summed E-state index contributed by atoms with van der Waals surface area (Å²) in [7, 11) is 0. The Morgan fingerprint density at radius 1 is 1.00 bits per heavy atom. The predicted molar refractivity (Wildman–Crippen MR) is 127 cm³/mol. The summed E-state index contributed by atoms with van der Waals surface area (Å²) in [5.74, 6) is 1.64. The summed E-state index contributed by atoms with van der Waals surface area (Å²) >= 11 is 0. The minimum absolute atomic E-state index is 0.0631. The number of rotatable bonds is 5. The van der Waals surface area contributed by atoms with Gasteiger partial charge in [-0.15, -0.1) is 0 Å². The first-order chi connectivity index (χ1) is 16.2. The van der Waals surface area contributed by atoms with Gasteiger partial charge in [-0.2, -0.15) is 0 Å². The van der Waals surface area contributed by atoms with Crippen molar-refractivity contribution in [1.82, 2.24) is 24.8 Å². The Morgan fingerprint density at radius 2 is 1.88 bits per heavy atom. The van der Waals surface area contributed by atoms with Crippen molar-refractivity contribution in [1.29, 1.82) is 0 Å². The third-order valence-corrected chi connectivity index (χ3v) is 6.85. The zero-order valence-electron chi connectivity index (χ0n) is 18.8. The number of pyridine rings is 1. The number of nitrogens with zero attached hydrogens (tertiary/aromatic N) is 5. The van der Waals surface area contributed by atoms with Crippen LogP contribution in [-0.2, 0) is 4.79 Å². The maximum atomic E-state index is 13.1. The third-order valence-electron chi connectivity index (χ3n) is 6.85. The van der Waals surface area contributed by atoms with Gasteiger partial charge in [-0.05, 0) is 55.5 Å². The van der Waals surface area contributed by atoms with Crippen molar-refractivity contribution >= 4 is 28.7 Å². The minimum atomic E-state index is 0.0631. The van der Waals surface area contributed by atoms with Gasteiger partial charge < -0.3 is 19.7 Å². The van der Waals surface area contributed by atoms with Crippen molar-refractivity contribution in [3.8, 4) is 0 Å². The molecule has 33 heavy (non-hydrogen) atoms. The highest BCUT2D eigenvalue weighted by atomic mass is 16.2. The summed E-state index contributed by atoms with van der Waals surface area (Å²) in [6.07, 6.45) is 6.90. The lowest BCUT2D eigenvalue weighted by Crippen LogP contribution is -2.49. The highest BCUT2D eigenvalue weighted by Gasteiger charge is 2.27. The second-order valence-electron chi connectivity index (χ2n) is 8.99. The van der Waals surface area contributed by atoms with Gasteiger partial charge in [0.25, 0.3) is 5.91 Å². The van der Waals surface area contributed by atoms with Gasteiger partial charge in [0.05, 0.1) is 17.4 Å². The smallest absolute Gasteiger partial charge is 0.253 e. The highest BCUT2D eigenvalue weighted by Crippen LogP contribution is 2.24. The normalized spacial score (nSPS) is 19.2. The molecule has 2 fully saturated rings. The molecule has 8 nitrogen and oxygen atoms in total. The van der Waals surface area contributed by atoms with Crippen LogP contribution < -0.4 is 4.90 Å². The molecule has 2 aromatic heterocycles. The molecular weight excluding hydrogens is 416 g/mol. The van der Waals surface area contributed by atoms with Crippen molar-refractivity contribution in [3.63, 3.8) is 0 Å². The van der Waals surface area contributed by atoms with E-state index in [1.807, 2.05) is 46.2 Å². The Bertz CT molecular complexity index is 1110. The number of imidazole rings is 1. The Labute approximate surface area is 193 Å². The molecule has 3 aromatic rings. The van der Waals surface area contributed by atoms with Crippen molar-refractivity contribution in [2.75, 3.05) is 44.2 Å². The largest absolute Gasteiger partial charge is 0.353 e. The first-order valence-electron chi connectivity index (χ1n) is 11.8. The van der Waals surface area contributed by atoms with Crippen molar-refractivity contribution in [3.05, 3.63) is 54.5 Å². The van der Waals surface area contributed by atoms with Crippen LogP contribution in [-0.4, -0.2) is 75.8 Å². The molecule has 2 saturated heterocycles. The Hall–Kier alpha value is -3.42. The van der Waals surface area contributed by atoms with E-state index in [9.17, 15) is 9.59 Å². The summed E-state index contributed by atoms with van der Waals surface area (Å²) in [4.78, 5) is 43.7. The summed E-state index contributed by atoms with van der Waals surface area (Å²) in [6.45, 7) is 4.60. The van der Waals surface area contributed by atoms with E-state index in [0.717, 1.165) is 75.4 Å². The van der Waals surface area contributed by atoms with E-state index in [4.69, 9.17) is 0 Å². The number of amides is 2. The minimum Gasteiger partial charge on any atom is -0.353 e. The van der Waals surface area contributed by atoms with Gasteiger partial charge >= 0.3 is 0 Å². The molecule has 172 valence electrons. The number of nitrogens with one attached hydrogen (secondary N) is 1. The van der Waals surface area contributed by atoms with E-state index >= 15 is 0 Å². The molecule has 5 rings (SSSR count). The quantitative estimate of drug-likeness (QED) is 0.651. The fourth-order valence-corrected chi connectivity index (χ4v) is 4.95.